The molecule has 0 saturated carbocycles. The van der Waals surface area contributed by atoms with Crippen molar-refractivity contribution in [3.8, 4) is 0 Å². The summed E-state index contributed by atoms with van der Waals surface area (Å²) in [5.74, 6) is -0.614. The fraction of sp³-hybridized carbons (Fsp3) is 0.364. The largest absolute Gasteiger partial charge is 0.460 e. The van der Waals surface area contributed by atoms with Crippen LogP contribution in [-0.4, -0.2) is 34.7 Å². The number of hydrogen-bond donors (Lipinski definition) is 0. The fourth-order valence-corrected chi connectivity index (χ4v) is 2.17. The molecule has 0 saturated heterocycles. The summed E-state index contributed by atoms with van der Waals surface area (Å²) in [5.41, 5.74) is 0.751. The molecule has 0 unspecified atom stereocenters. The van der Waals surface area contributed by atoms with Crippen molar-refractivity contribution in [2.45, 2.75) is 11.8 Å². The minimum absolute atomic E-state index is 0.103. The molecule has 0 aliphatic rings. The zero-order valence-corrected chi connectivity index (χ0v) is 11.5. The van der Waals surface area contributed by atoms with E-state index in [0.717, 1.165) is 0 Å². The lowest BCUT2D eigenvalue weighted by molar-refractivity contribution is 0.0387. The number of aryl methyl sites for hydroxylation is 1. The van der Waals surface area contributed by atoms with Gasteiger partial charge in [-0.25, -0.2) is 13.2 Å². The molecule has 0 amide bonds. The number of hydrogen-bond acceptors (Lipinski definition) is 5. The Kier molecular flexibility index (Phi) is 5.13. The number of ether oxygens (including phenoxy) is 2. The summed E-state index contributed by atoms with van der Waals surface area (Å²) in [4.78, 5) is 11.5. The molecule has 1 rings (SSSR count). The molecule has 1 aromatic carbocycles. The van der Waals surface area contributed by atoms with E-state index in [1.54, 1.807) is 6.92 Å². The second-order valence-corrected chi connectivity index (χ2v) is 6.17. The van der Waals surface area contributed by atoms with Crippen molar-refractivity contribution >= 4 is 25.7 Å². The normalized spacial score (nSPS) is 11.3. The molecule has 18 heavy (non-hydrogen) atoms. The molecule has 100 valence electrons. The summed E-state index contributed by atoms with van der Waals surface area (Å²) in [7, 11) is 2.85. The number of rotatable bonds is 5. The van der Waals surface area contributed by atoms with Crippen LogP contribution >= 0.6 is 10.7 Å². The Morgan fingerprint density at radius 2 is 1.94 bits per heavy atom. The zero-order chi connectivity index (χ0) is 13.8. The first-order valence-electron chi connectivity index (χ1n) is 5.07. The van der Waals surface area contributed by atoms with Gasteiger partial charge in [-0.3, -0.25) is 0 Å². The molecule has 1 aromatic rings. The van der Waals surface area contributed by atoms with E-state index >= 15 is 0 Å². The van der Waals surface area contributed by atoms with E-state index in [9.17, 15) is 13.2 Å². The zero-order valence-electron chi connectivity index (χ0n) is 9.97. The van der Waals surface area contributed by atoms with Crippen LogP contribution in [0.4, 0.5) is 0 Å². The second-order valence-electron chi connectivity index (χ2n) is 3.60. The monoisotopic (exact) mass is 292 g/mol. The van der Waals surface area contributed by atoms with Gasteiger partial charge in [-0.05, 0) is 30.7 Å². The molecule has 0 fully saturated rings. The third kappa shape index (κ3) is 4.29. The van der Waals surface area contributed by atoms with Gasteiger partial charge in [0.1, 0.15) is 6.61 Å². The average molecular weight is 293 g/mol. The molecule has 0 heterocycles. The molecule has 5 nitrogen and oxygen atoms in total. The molecule has 0 aliphatic heterocycles. The van der Waals surface area contributed by atoms with Crippen LogP contribution in [0.3, 0.4) is 0 Å². The van der Waals surface area contributed by atoms with Crippen LogP contribution in [0.15, 0.2) is 23.1 Å². The van der Waals surface area contributed by atoms with Crippen molar-refractivity contribution in [1.82, 2.24) is 0 Å². The third-order valence-corrected chi connectivity index (χ3v) is 3.42. The standard InChI is InChI=1S/C11H13ClO5S/c1-8-5-9(11(13)17-4-3-16-2)7-10(6-8)18(12,14)15/h5-7H,3-4H2,1-2H3. The van der Waals surface area contributed by atoms with E-state index in [4.69, 9.17) is 20.2 Å². The number of carbonyl (C=O) groups excluding carboxylic acids is 1. The van der Waals surface area contributed by atoms with Gasteiger partial charge in [-0.1, -0.05) is 0 Å². The summed E-state index contributed by atoms with van der Waals surface area (Å²) in [5, 5.41) is 0. The third-order valence-electron chi connectivity index (χ3n) is 2.09. The van der Waals surface area contributed by atoms with Gasteiger partial charge in [-0.15, -0.1) is 0 Å². The first kappa shape index (κ1) is 14.9. The number of benzene rings is 1. The highest BCUT2D eigenvalue weighted by Gasteiger charge is 2.15. The molecule has 0 aliphatic carbocycles. The van der Waals surface area contributed by atoms with Crippen molar-refractivity contribution in [2.24, 2.45) is 0 Å². The number of carbonyl (C=O) groups is 1. The van der Waals surface area contributed by atoms with Crippen molar-refractivity contribution < 1.29 is 22.7 Å². The second kappa shape index (κ2) is 6.17. The Balaban J connectivity index is 2.96. The molecule has 7 heteroatoms. The van der Waals surface area contributed by atoms with Gasteiger partial charge in [0.15, 0.2) is 0 Å². The lowest BCUT2D eigenvalue weighted by Crippen LogP contribution is -2.10. The molecule has 0 aromatic heterocycles. The maximum absolute atomic E-state index is 11.6. The van der Waals surface area contributed by atoms with E-state index in [-0.39, 0.29) is 23.7 Å². The SMILES string of the molecule is COCCOC(=O)c1cc(C)cc(S(=O)(=O)Cl)c1. The Morgan fingerprint density at radius 1 is 1.28 bits per heavy atom. The predicted molar refractivity (Wildman–Crippen MR) is 66.4 cm³/mol. The van der Waals surface area contributed by atoms with Crippen LogP contribution in [0.1, 0.15) is 15.9 Å². The highest BCUT2D eigenvalue weighted by atomic mass is 35.7. The summed E-state index contributed by atoms with van der Waals surface area (Å²) in [6, 6.07) is 4.10. The van der Waals surface area contributed by atoms with Crippen LogP contribution in [0, 0.1) is 6.92 Å². The minimum atomic E-state index is -3.87. The lowest BCUT2D eigenvalue weighted by atomic mass is 10.1. The van der Waals surface area contributed by atoms with Gasteiger partial charge in [0.25, 0.3) is 9.05 Å². The Labute approximate surface area is 110 Å². The number of methoxy groups -OCH3 is 1. The summed E-state index contributed by atoms with van der Waals surface area (Å²) >= 11 is 0. The minimum Gasteiger partial charge on any atom is -0.460 e. The van der Waals surface area contributed by atoms with Gasteiger partial charge in [-0.2, -0.15) is 0 Å². The molecular weight excluding hydrogens is 280 g/mol. The average Bonchev–Trinajstić information content (AvgIpc) is 2.27. The maximum atomic E-state index is 11.6. The van der Waals surface area contributed by atoms with E-state index in [2.05, 4.69) is 0 Å². The van der Waals surface area contributed by atoms with Gasteiger partial charge in [0, 0.05) is 17.8 Å². The smallest absolute Gasteiger partial charge is 0.338 e. The van der Waals surface area contributed by atoms with E-state index in [1.165, 1.54) is 25.3 Å². The van der Waals surface area contributed by atoms with Gasteiger partial charge in [0.2, 0.25) is 0 Å². The maximum Gasteiger partial charge on any atom is 0.338 e. The van der Waals surface area contributed by atoms with E-state index in [0.29, 0.717) is 5.56 Å². The van der Waals surface area contributed by atoms with Gasteiger partial charge in [0.05, 0.1) is 17.1 Å². The highest BCUT2D eigenvalue weighted by molar-refractivity contribution is 8.13. The lowest BCUT2D eigenvalue weighted by Gasteiger charge is -2.06. The summed E-state index contributed by atoms with van der Waals surface area (Å²) < 4.78 is 32.1. The van der Waals surface area contributed by atoms with Crippen molar-refractivity contribution in [3.05, 3.63) is 29.3 Å². The van der Waals surface area contributed by atoms with E-state index < -0.39 is 15.0 Å². The molecule has 0 bridgehead atoms. The topological polar surface area (TPSA) is 69.7 Å². The van der Waals surface area contributed by atoms with Crippen LogP contribution in [0.25, 0.3) is 0 Å². The van der Waals surface area contributed by atoms with Gasteiger partial charge < -0.3 is 9.47 Å². The number of esters is 1. The quantitative estimate of drug-likeness (QED) is 0.469. The van der Waals surface area contributed by atoms with Crippen molar-refractivity contribution in [2.75, 3.05) is 20.3 Å². The Morgan fingerprint density at radius 3 is 2.50 bits per heavy atom. The first-order chi connectivity index (χ1) is 8.34. The number of halogens is 1. The van der Waals surface area contributed by atoms with Crippen LogP contribution in [0.5, 0.6) is 0 Å². The molecule has 0 N–H and O–H groups in total. The summed E-state index contributed by atoms with van der Waals surface area (Å²) in [6.07, 6.45) is 0. The van der Waals surface area contributed by atoms with Crippen molar-refractivity contribution in [3.63, 3.8) is 0 Å². The van der Waals surface area contributed by atoms with Crippen LogP contribution in [-0.2, 0) is 18.5 Å². The molecular formula is C11H13ClO5S. The van der Waals surface area contributed by atoms with Crippen molar-refractivity contribution in [1.29, 1.82) is 0 Å². The fourth-order valence-electron chi connectivity index (χ4n) is 1.31. The molecule has 0 radical (unpaired) electrons. The first-order valence-corrected chi connectivity index (χ1v) is 7.38. The van der Waals surface area contributed by atoms with Crippen LogP contribution < -0.4 is 0 Å². The Hall–Kier alpha value is -1.11. The Bertz CT molecular complexity index is 538. The van der Waals surface area contributed by atoms with E-state index in [1.807, 2.05) is 0 Å². The van der Waals surface area contributed by atoms with Gasteiger partial charge >= 0.3 is 5.97 Å². The summed E-state index contributed by atoms with van der Waals surface area (Å²) in [6.45, 7) is 2.04. The molecule has 0 atom stereocenters. The van der Waals surface area contributed by atoms with Crippen LogP contribution in [0.2, 0.25) is 0 Å². The molecule has 0 spiro atoms. The predicted octanol–water partition coefficient (Wildman–Crippen LogP) is 1.73. The highest BCUT2D eigenvalue weighted by Crippen LogP contribution is 2.19.